The lowest BCUT2D eigenvalue weighted by Crippen LogP contribution is -2.31. The predicted molar refractivity (Wildman–Crippen MR) is 116 cm³/mol. The minimum Gasteiger partial charge on any atom is -0.506 e. The Hall–Kier alpha value is -3.32. The Morgan fingerprint density at radius 1 is 1.03 bits per heavy atom. The molecule has 0 aliphatic carbocycles. The molecule has 1 atom stereocenters. The van der Waals surface area contributed by atoms with Crippen LogP contribution >= 0.6 is 0 Å². The van der Waals surface area contributed by atoms with Crippen LogP contribution < -0.4 is 9.47 Å². The topological polar surface area (TPSA) is 85.3 Å². The van der Waals surface area contributed by atoms with E-state index in [1.807, 2.05) is 31.2 Å². The molecule has 1 N–H and O–H groups in total. The number of carbonyl (C=O) groups is 2. The van der Waals surface area contributed by atoms with Crippen molar-refractivity contribution in [1.82, 2.24) is 4.90 Å². The molecule has 0 radical (unpaired) electrons. The quantitative estimate of drug-likeness (QED) is 0.302. The molecular weight excluding hydrogens is 398 g/mol. The van der Waals surface area contributed by atoms with Gasteiger partial charge in [0.05, 0.1) is 25.8 Å². The van der Waals surface area contributed by atoms with E-state index in [9.17, 15) is 14.7 Å². The Morgan fingerprint density at radius 2 is 1.68 bits per heavy atom. The summed E-state index contributed by atoms with van der Waals surface area (Å²) in [7, 11) is 4.51. The van der Waals surface area contributed by atoms with Crippen LogP contribution in [0.4, 0.5) is 0 Å². The highest BCUT2D eigenvalue weighted by Gasteiger charge is 2.46. The van der Waals surface area contributed by atoms with E-state index in [1.54, 1.807) is 25.3 Å². The second kappa shape index (κ2) is 9.66. The average Bonchev–Trinajstić information content (AvgIpc) is 3.03. The number of ether oxygens (including phenoxy) is 3. The van der Waals surface area contributed by atoms with Crippen molar-refractivity contribution >= 4 is 17.4 Å². The lowest BCUT2D eigenvalue weighted by atomic mass is 9.94. The summed E-state index contributed by atoms with van der Waals surface area (Å²) < 4.78 is 15.9. The number of rotatable bonds is 8. The summed E-state index contributed by atoms with van der Waals surface area (Å²) in [5, 5.41) is 11.3. The number of nitrogens with zero attached hydrogens (tertiary/aromatic N) is 1. The Morgan fingerprint density at radius 3 is 2.26 bits per heavy atom. The van der Waals surface area contributed by atoms with Crippen molar-refractivity contribution in [3.05, 3.63) is 64.7 Å². The van der Waals surface area contributed by atoms with E-state index in [1.165, 1.54) is 19.1 Å². The number of aryl methyl sites for hydroxylation is 1. The number of aliphatic hydroxyl groups is 1. The third kappa shape index (κ3) is 4.27. The smallest absolute Gasteiger partial charge is 0.295 e. The molecule has 1 unspecified atom stereocenters. The first-order chi connectivity index (χ1) is 14.9. The van der Waals surface area contributed by atoms with Crippen molar-refractivity contribution in [2.24, 2.45) is 0 Å². The summed E-state index contributed by atoms with van der Waals surface area (Å²) in [6.45, 7) is 2.70. The van der Waals surface area contributed by atoms with Crippen LogP contribution in [0.1, 0.15) is 29.2 Å². The number of benzene rings is 2. The predicted octanol–water partition coefficient (Wildman–Crippen LogP) is 3.47. The maximum absolute atomic E-state index is 13.1. The van der Waals surface area contributed by atoms with Gasteiger partial charge >= 0.3 is 0 Å². The van der Waals surface area contributed by atoms with Gasteiger partial charge in [0.15, 0.2) is 0 Å². The zero-order valence-electron chi connectivity index (χ0n) is 18.2. The van der Waals surface area contributed by atoms with Crippen molar-refractivity contribution in [3.63, 3.8) is 0 Å². The van der Waals surface area contributed by atoms with Crippen LogP contribution in [0.2, 0.25) is 0 Å². The minimum atomic E-state index is -0.741. The summed E-state index contributed by atoms with van der Waals surface area (Å²) in [6, 6.07) is 11.9. The number of hydrogen-bond donors (Lipinski definition) is 1. The number of methoxy groups -OCH3 is 3. The molecule has 1 aliphatic heterocycles. The monoisotopic (exact) mass is 425 g/mol. The van der Waals surface area contributed by atoms with Gasteiger partial charge in [-0.25, -0.2) is 0 Å². The fraction of sp³-hybridized carbons (Fsp3) is 0.333. The number of aliphatic hydroxyl groups excluding tert-OH is 1. The maximum Gasteiger partial charge on any atom is 0.295 e. The highest BCUT2D eigenvalue weighted by atomic mass is 16.5. The molecule has 7 nitrogen and oxygen atoms in total. The summed E-state index contributed by atoms with van der Waals surface area (Å²) in [5.41, 5.74) is 1.97. The van der Waals surface area contributed by atoms with Crippen LogP contribution in [0.25, 0.3) is 5.76 Å². The van der Waals surface area contributed by atoms with Crippen molar-refractivity contribution in [1.29, 1.82) is 0 Å². The molecule has 0 saturated carbocycles. The Labute approximate surface area is 181 Å². The van der Waals surface area contributed by atoms with Crippen LogP contribution in [0.5, 0.6) is 11.5 Å². The standard InChI is InChI=1S/C24H27NO6/c1-15-8-5-9-16(14-15)21-20(23(27)24(28)25(21)12-7-13-29-2)22(26)19-17(30-3)10-6-11-18(19)31-4/h5-6,8-11,14,21,26H,7,12-13H2,1-4H3/b22-20+. The third-order valence-electron chi connectivity index (χ3n) is 5.31. The number of Topliss-reactive ketones (excluding diaryl/α,β-unsaturated/α-hetero) is 1. The minimum absolute atomic E-state index is 0.0100. The van der Waals surface area contributed by atoms with Gasteiger partial charge in [-0.3, -0.25) is 9.59 Å². The van der Waals surface area contributed by atoms with E-state index in [2.05, 4.69) is 0 Å². The van der Waals surface area contributed by atoms with Gasteiger partial charge in [0.2, 0.25) is 0 Å². The summed E-state index contributed by atoms with van der Waals surface area (Å²) in [6.07, 6.45) is 0.559. The number of amides is 1. The van der Waals surface area contributed by atoms with Crippen LogP contribution in [0, 0.1) is 6.92 Å². The van der Waals surface area contributed by atoms with Gasteiger partial charge in [-0.2, -0.15) is 0 Å². The molecule has 7 heteroatoms. The molecule has 1 fully saturated rings. The molecule has 1 aliphatic rings. The van der Waals surface area contributed by atoms with Crippen molar-refractivity contribution in [2.75, 3.05) is 34.5 Å². The fourth-order valence-electron chi connectivity index (χ4n) is 3.90. The van der Waals surface area contributed by atoms with Gasteiger partial charge in [-0.05, 0) is 31.0 Å². The number of carbonyl (C=O) groups excluding carboxylic acids is 2. The van der Waals surface area contributed by atoms with Gasteiger partial charge < -0.3 is 24.2 Å². The van der Waals surface area contributed by atoms with E-state index in [-0.39, 0.29) is 16.9 Å². The van der Waals surface area contributed by atoms with Crippen molar-refractivity contribution in [2.45, 2.75) is 19.4 Å². The van der Waals surface area contributed by atoms with E-state index in [0.29, 0.717) is 31.1 Å². The molecule has 1 saturated heterocycles. The largest absolute Gasteiger partial charge is 0.506 e. The molecule has 2 aromatic carbocycles. The second-order valence-electron chi connectivity index (χ2n) is 7.29. The highest BCUT2D eigenvalue weighted by Crippen LogP contribution is 2.43. The molecule has 3 rings (SSSR count). The number of hydrogen-bond acceptors (Lipinski definition) is 6. The lowest BCUT2D eigenvalue weighted by Gasteiger charge is -2.26. The molecule has 1 amide bonds. The summed E-state index contributed by atoms with van der Waals surface area (Å²) >= 11 is 0. The molecule has 164 valence electrons. The van der Waals surface area contributed by atoms with E-state index >= 15 is 0 Å². The summed E-state index contributed by atoms with van der Waals surface area (Å²) in [5.74, 6) is -1.04. The second-order valence-corrected chi connectivity index (χ2v) is 7.29. The first-order valence-electron chi connectivity index (χ1n) is 9.99. The van der Waals surface area contributed by atoms with Gasteiger partial charge in [0.25, 0.3) is 11.7 Å². The van der Waals surface area contributed by atoms with Crippen molar-refractivity contribution in [3.8, 4) is 11.5 Å². The van der Waals surface area contributed by atoms with Gasteiger partial charge in [0, 0.05) is 20.3 Å². The first-order valence-corrected chi connectivity index (χ1v) is 9.99. The molecule has 0 aromatic heterocycles. The Balaban J connectivity index is 2.23. The van der Waals surface area contributed by atoms with E-state index < -0.39 is 17.7 Å². The van der Waals surface area contributed by atoms with Crippen LogP contribution in [-0.4, -0.2) is 56.2 Å². The van der Waals surface area contributed by atoms with Crippen LogP contribution in [-0.2, 0) is 14.3 Å². The van der Waals surface area contributed by atoms with Crippen LogP contribution in [0.15, 0.2) is 48.0 Å². The van der Waals surface area contributed by atoms with Crippen LogP contribution in [0.3, 0.4) is 0 Å². The maximum atomic E-state index is 13.1. The zero-order valence-corrected chi connectivity index (χ0v) is 18.2. The SMILES string of the molecule is COCCCN1C(=O)C(=O)/C(=C(/O)c2c(OC)cccc2OC)C1c1cccc(C)c1. The Bertz CT molecular complexity index is 991. The number of ketones is 1. The lowest BCUT2D eigenvalue weighted by molar-refractivity contribution is -0.140. The molecule has 1 heterocycles. The van der Waals surface area contributed by atoms with Crippen molar-refractivity contribution < 1.29 is 28.9 Å². The zero-order chi connectivity index (χ0) is 22.5. The molecule has 0 spiro atoms. The van der Waals surface area contributed by atoms with Gasteiger partial charge in [0.1, 0.15) is 22.8 Å². The molecule has 0 bridgehead atoms. The first kappa shape index (κ1) is 22.4. The number of likely N-dealkylation sites (tertiary alicyclic amines) is 1. The van der Waals surface area contributed by atoms with Gasteiger partial charge in [-0.15, -0.1) is 0 Å². The average molecular weight is 425 g/mol. The molecular formula is C24H27NO6. The van der Waals surface area contributed by atoms with E-state index in [4.69, 9.17) is 14.2 Å². The normalized spacial score (nSPS) is 17.8. The molecule has 2 aromatic rings. The third-order valence-corrected chi connectivity index (χ3v) is 5.31. The summed E-state index contributed by atoms with van der Waals surface area (Å²) in [4.78, 5) is 27.5. The van der Waals surface area contributed by atoms with Gasteiger partial charge in [-0.1, -0.05) is 35.9 Å². The molecule has 31 heavy (non-hydrogen) atoms. The highest BCUT2D eigenvalue weighted by molar-refractivity contribution is 6.46. The fourth-order valence-corrected chi connectivity index (χ4v) is 3.90. The Kier molecular flexibility index (Phi) is 6.97. The van der Waals surface area contributed by atoms with E-state index in [0.717, 1.165) is 11.1 Å².